The molecule has 0 radical (unpaired) electrons. The van der Waals surface area contributed by atoms with Gasteiger partial charge in [-0.2, -0.15) is 0 Å². The zero-order valence-electron chi connectivity index (χ0n) is 23.5. The highest BCUT2D eigenvalue weighted by Gasteiger charge is 2.62. The van der Waals surface area contributed by atoms with Crippen molar-refractivity contribution in [2.45, 2.75) is 25.7 Å². The van der Waals surface area contributed by atoms with Crippen LogP contribution in [0.15, 0.2) is 89.4 Å². The van der Waals surface area contributed by atoms with Crippen molar-refractivity contribution in [2.24, 2.45) is 11.8 Å². The molecule has 1 N–H and O–H groups in total. The number of para-hydroxylation sites is 1. The van der Waals surface area contributed by atoms with Crippen molar-refractivity contribution in [3.8, 4) is 0 Å². The standard InChI is InChI=1S/C35H27BrN2O5/c1-18-16-26(19(2)15-25(18)36)37-28(39)17-43-35(42)24-13-7-8-14-27(24)38-33(40)31-29-20-9-3-4-10-21(20)30(32(31)34(38)41)23-12-6-5-11-22(23)29/h3-16,29-32H,17H2,1-2H3,(H,37,39)/t29?,30?,31-,32-/m1/s1. The number of imide groups is 1. The molecule has 1 fully saturated rings. The molecule has 1 aliphatic heterocycles. The molecule has 0 saturated carbocycles. The minimum atomic E-state index is -0.792. The van der Waals surface area contributed by atoms with Gasteiger partial charge in [0.15, 0.2) is 6.61 Å². The Morgan fingerprint density at radius 2 is 1.28 bits per heavy atom. The van der Waals surface area contributed by atoms with Gasteiger partial charge in [-0.05, 0) is 71.5 Å². The van der Waals surface area contributed by atoms with E-state index in [9.17, 15) is 19.2 Å². The van der Waals surface area contributed by atoms with Gasteiger partial charge in [-0.15, -0.1) is 0 Å². The number of hydrogen-bond acceptors (Lipinski definition) is 5. The first kappa shape index (κ1) is 27.3. The van der Waals surface area contributed by atoms with Crippen molar-refractivity contribution in [3.05, 3.63) is 128 Å². The number of halogens is 1. The number of aryl methyl sites for hydroxylation is 2. The van der Waals surface area contributed by atoms with E-state index in [1.807, 2.05) is 74.5 Å². The number of nitrogens with one attached hydrogen (secondary N) is 1. The van der Waals surface area contributed by atoms with Gasteiger partial charge in [-0.1, -0.05) is 76.6 Å². The summed E-state index contributed by atoms with van der Waals surface area (Å²) in [5.74, 6) is -3.60. The second kappa shape index (κ2) is 10.3. The van der Waals surface area contributed by atoms with E-state index in [0.29, 0.717) is 5.69 Å². The third-order valence-electron chi connectivity index (χ3n) is 8.93. The van der Waals surface area contributed by atoms with Crippen LogP contribution in [0.2, 0.25) is 0 Å². The van der Waals surface area contributed by atoms with Gasteiger partial charge in [-0.25, -0.2) is 9.69 Å². The third kappa shape index (κ3) is 4.23. The van der Waals surface area contributed by atoms with Crippen LogP contribution in [-0.4, -0.2) is 30.3 Å². The number of ether oxygens (including phenoxy) is 1. The van der Waals surface area contributed by atoms with Crippen molar-refractivity contribution >= 4 is 51.0 Å². The third-order valence-corrected chi connectivity index (χ3v) is 9.78. The summed E-state index contributed by atoms with van der Waals surface area (Å²) in [5, 5.41) is 2.78. The van der Waals surface area contributed by atoms with Crippen molar-refractivity contribution in [3.63, 3.8) is 0 Å². The van der Waals surface area contributed by atoms with Crippen LogP contribution in [0.4, 0.5) is 11.4 Å². The van der Waals surface area contributed by atoms with Crippen LogP contribution in [0.1, 0.15) is 55.6 Å². The predicted octanol–water partition coefficient (Wildman–Crippen LogP) is 6.26. The summed E-state index contributed by atoms with van der Waals surface area (Å²) >= 11 is 3.48. The van der Waals surface area contributed by atoms with E-state index in [2.05, 4.69) is 21.2 Å². The summed E-state index contributed by atoms with van der Waals surface area (Å²) < 4.78 is 6.32. The lowest BCUT2D eigenvalue weighted by Crippen LogP contribution is -2.41. The van der Waals surface area contributed by atoms with Crippen LogP contribution < -0.4 is 10.2 Å². The SMILES string of the molecule is Cc1cc(NC(=O)COC(=O)c2ccccc2N2C(=O)[C@@H]3C4c5ccccc5C(c5ccccc54)[C@H]3C2=O)c(C)cc1Br. The number of carbonyl (C=O) groups excluding carboxylic acids is 4. The van der Waals surface area contributed by atoms with Crippen LogP contribution in [0.25, 0.3) is 0 Å². The summed E-state index contributed by atoms with van der Waals surface area (Å²) in [6.07, 6.45) is 0. The molecule has 43 heavy (non-hydrogen) atoms. The summed E-state index contributed by atoms with van der Waals surface area (Å²) in [7, 11) is 0. The summed E-state index contributed by atoms with van der Waals surface area (Å²) in [6, 6.07) is 26.2. The molecular weight excluding hydrogens is 608 g/mol. The summed E-state index contributed by atoms with van der Waals surface area (Å²) in [6.45, 7) is 3.26. The maximum Gasteiger partial charge on any atom is 0.340 e. The van der Waals surface area contributed by atoms with E-state index < -0.39 is 30.3 Å². The van der Waals surface area contributed by atoms with Gasteiger partial charge >= 0.3 is 5.97 Å². The van der Waals surface area contributed by atoms with Crippen LogP contribution in [0.5, 0.6) is 0 Å². The van der Waals surface area contributed by atoms with Gasteiger partial charge in [0, 0.05) is 22.0 Å². The zero-order valence-corrected chi connectivity index (χ0v) is 25.1. The van der Waals surface area contributed by atoms with E-state index in [1.165, 1.54) is 6.07 Å². The topological polar surface area (TPSA) is 92.8 Å². The van der Waals surface area contributed by atoms with Crippen molar-refractivity contribution in [1.29, 1.82) is 0 Å². The summed E-state index contributed by atoms with van der Waals surface area (Å²) in [5.41, 5.74) is 6.94. The highest BCUT2D eigenvalue weighted by molar-refractivity contribution is 9.10. The first-order valence-corrected chi connectivity index (χ1v) is 14.9. The number of nitrogens with zero attached hydrogens (tertiary/aromatic N) is 1. The fraction of sp³-hybridized carbons (Fsp3) is 0.200. The Kier molecular flexibility index (Phi) is 6.54. The second-order valence-corrected chi connectivity index (χ2v) is 12.2. The Balaban J connectivity index is 1.16. The number of esters is 1. The smallest absolute Gasteiger partial charge is 0.340 e. The molecule has 4 aromatic carbocycles. The second-order valence-electron chi connectivity index (χ2n) is 11.3. The molecule has 1 saturated heterocycles. The molecule has 8 heteroatoms. The molecule has 4 aliphatic rings. The first-order chi connectivity index (χ1) is 20.8. The average Bonchev–Trinajstić information content (AvgIpc) is 3.28. The Hall–Kier alpha value is -4.56. The fourth-order valence-electron chi connectivity index (χ4n) is 7.07. The zero-order chi connectivity index (χ0) is 30.0. The lowest BCUT2D eigenvalue weighted by atomic mass is 9.55. The minimum absolute atomic E-state index is 0.0497. The Morgan fingerprint density at radius 1 is 0.767 bits per heavy atom. The van der Waals surface area contributed by atoms with Gasteiger partial charge in [0.2, 0.25) is 11.8 Å². The van der Waals surface area contributed by atoms with E-state index in [1.54, 1.807) is 18.2 Å². The number of hydrogen-bond donors (Lipinski definition) is 1. The summed E-state index contributed by atoms with van der Waals surface area (Å²) in [4.78, 5) is 55.5. The lowest BCUT2D eigenvalue weighted by molar-refractivity contribution is -0.122. The highest BCUT2D eigenvalue weighted by atomic mass is 79.9. The number of benzene rings is 4. The molecule has 4 aromatic rings. The minimum Gasteiger partial charge on any atom is -0.452 e. The molecule has 2 bridgehead atoms. The molecule has 8 rings (SSSR count). The molecule has 1 heterocycles. The Morgan fingerprint density at radius 3 is 1.84 bits per heavy atom. The average molecular weight is 636 g/mol. The molecule has 0 spiro atoms. The van der Waals surface area contributed by atoms with E-state index >= 15 is 0 Å². The predicted molar refractivity (Wildman–Crippen MR) is 165 cm³/mol. The molecule has 7 nitrogen and oxygen atoms in total. The first-order valence-electron chi connectivity index (χ1n) is 14.1. The molecule has 214 valence electrons. The number of amides is 3. The van der Waals surface area contributed by atoms with E-state index in [4.69, 9.17) is 4.74 Å². The van der Waals surface area contributed by atoms with Gasteiger partial charge in [-0.3, -0.25) is 14.4 Å². The van der Waals surface area contributed by atoms with E-state index in [-0.39, 0.29) is 34.9 Å². The van der Waals surface area contributed by atoms with Crippen LogP contribution in [-0.2, 0) is 19.1 Å². The molecule has 3 amide bonds. The number of rotatable bonds is 5. The fourth-order valence-corrected chi connectivity index (χ4v) is 7.52. The maximum absolute atomic E-state index is 14.2. The van der Waals surface area contributed by atoms with Crippen LogP contribution in [0, 0.1) is 25.7 Å². The molecule has 0 unspecified atom stereocenters. The maximum atomic E-state index is 14.2. The molecule has 3 aliphatic carbocycles. The Bertz CT molecular complexity index is 1750. The quantitative estimate of drug-likeness (QED) is 0.207. The van der Waals surface area contributed by atoms with Gasteiger partial charge < -0.3 is 10.1 Å². The molecule has 0 aromatic heterocycles. The monoisotopic (exact) mass is 634 g/mol. The van der Waals surface area contributed by atoms with Gasteiger partial charge in [0.1, 0.15) is 0 Å². The lowest BCUT2D eigenvalue weighted by Gasteiger charge is -2.45. The Labute approximate surface area is 257 Å². The van der Waals surface area contributed by atoms with Crippen LogP contribution in [0.3, 0.4) is 0 Å². The van der Waals surface area contributed by atoms with E-state index in [0.717, 1.165) is 42.8 Å². The number of carbonyl (C=O) groups is 4. The highest BCUT2D eigenvalue weighted by Crippen LogP contribution is 2.61. The van der Waals surface area contributed by atoms with Gasteiger partial charge in [0.05, 0.1) is 23.1 Å². The molecule has 2 atom stereocenters. The number of anilines is 2. The largest absolute Gasteiger partial charge is 0.452 e. The normalized spacial score (nSPS) is 21.2. The van der Waals surface area contributed by atoms with Crippen LogP contribution >= 0.6 is 15.9 Å². The van der Waals surface area contributed by atoms with Crippen molar-refractivity contribution in [2.75, 3.05) is 16.8 Å². The van der Waals surface area contributed by atoms with Gasteiger partial charge in [0.25, 0.3) is 5.91 Å². The van der Waals surface area contributed by atoms with Crippen molar-refractivity contribution < 1.29 is 23.9 Å². The molecular formula is C35H27BrN2O5. The van der Waals surface area contributed by atoms with Crippen molar-refractivity contribution in [1.82, 2.24) is 0 Å².